The minimum Gasteiger partial charge on any atom is -0.441 e. The van der Waals surface area contributed by atoms with E-state index in [1.165, 1.54) is 5.56 Å². The molecule has 1 aliphatic carbocycles. The quantitative estimate of drug-likeness (QED) is 0.518. The lowest BCUT2D eigenvalue weighted by molar-refractivity contribution is -0.0562. The monoisotopic (exact) mass is 406 g/mol. The second-order valence-electron chi connectivity index (χ2n) is 8.17. The van der Waals surface area contributed by atoms with Crippen LogP contribution < -0.4 is 5.73 Å². The summed E-state index contributed by atoms with van der Waals surface area (Å²) in [5.41, 5.74) is 10.8. The third kappa shape index (κ3) is 5.29. The molecule has 1 aromatic heterocycles. The van der Waals surface area contributed by atoms with Gasteiger partial charge >= 0.3 is 0 Å². The number of nitrogens with zero attached hydrogens (tertiary/aromatic N) is 1. The van der Waals surface area contributed by atoms with Crippen molar-refractivity contribution in [1.82, 2.24) is 4.98 Å². The van der Waals surface area contributed by atoms with Gasteiger partial charge in [-0.1, -0.05) is 29.8 Å². The van der Waals surface area contributed by atoms with Crippen LogP contribution in [0.4, 0.5) is 5.69 Å². The van der Waals surface area contributed by atoms with Crippen molar-refractivity contribution in [3.8, 4) is 11.5 Å². The molecule has 1 heterocycles. The Morgan fingerprint density at radius 1 is 1.00 bits per heavy atom. The molecular formula is C25H30N2O3. The van der Waals surface area contributed by atoms with E-state index >= 15 is 0 Å². The van der Waals surface area contributed by atoms with Crippen LogP contribution in [0.3, 0.4) is 0 Å². The van der Waals surface area contributed by atoms with Gasteiger partial charge in [-0.25, -0.2) is 4.98 Å². The van der Waals surface area contributed by atoms with Crippen LogP contribution in [0.25, 0.3) is 11.5 Å². The molecule has 2 N–H and O–H groups in total. The SMILES string of the molecule is Cc1cccc(-c2nc(COC3CCCC(OCc4cccc(N)c4)C3)c(C)o2)c1. The van der Waals surface area contributed by atoms with E-state index in [2.05, 4.69) is 24.0 Å². The fraction of sp³-hybridized carbons (Fsp3) is 0.400. The van der Waals surface area contributed by atoms with Crippen LogP contribution >= 0.6 is 0 Å². The van der Waals surface area contributed by atoms with Gasteiger partial charge in [-0.15, -0.1) is 0 Å². The number of hydrogen-bond acceptors (Lipinski definition) is 5. The molecule has 0 aliphatic heterocycles. The number of benzene rings is 2. The van der Waals surface area contributed by atoms with E-state index in [-0.39, 0.29) is 12.2 Å². The third-order valence-corrected chi connectivity index (χ3v) is 5.63. The molecule has 0 spiro atoms. The van der Waals surface area contributed by atoms with Gasteiger partial charge in [-0.3, -0.25) is 0 Å². The Hall–Kier alpha value is -2.63. The number of nitrogen functional groups attached to an aromatic ring is 1. The summed E-state index contributed by atoms with van der Waals surface area (Å²) in [6.07, 6.45) is 4.54. The number of rotatable bonds is 7. The van der Waals surface area contributed by atoms with Crippen molar-refractivity contribution in [1.29, 1.82) is 0 Å². The molecule has 5 heteroatoms. The van der Waals surface area contributed by atoms with Crippen molar-refractivity contribution in [2.24, 2.45) is 0 Å². The Bertz CT molecular complexity index is 982. The third-order valence-electron chi connectivity index (χ3n) is 5.63. The van der Waals surface area contributed by atoms with Gasteiger partial charge in [0.2, 0.25) is 5.89 Å². The maximum absolute atomic E-state index is 6.20. The average molecular weight is 407 g/mol. The molecule has 0 amide bonds. The first-order valence-corrected chi connectivity index (χ1v) is 10.7. The molecule has 1 aliphatic rings. The van der Waals surface area contributed by atoms with Crippen molar-refractivity contribution in [2.75, 3.05) is 5.73 Å². The molecule has 0 radical (unpaired) electrons. The Morgan fingerprint density at radius 2 is 1.77 bits per heavy atom. The van der Waals surface area contributed by atoms with E-state index in [1.807, 2.05) is 43.3 Å². The Morgan fingerprint density at radius 3 is 2.53 bits per heavy atom. The summed E-state index contributed by atoms with van der Waals surface area (Å²) in [7, 11) is 0. The lowest BCUT2D eigenvalue weighted by Gasteiger charge is -2.29. The van der Waals surface area contributed by atoms with Gasteiger partial charge < -0.3 is 19.6 Å². The van der Waals surface area contributed by atoms with E-state index in [0.29, 0.717) is 19.1 Å². The Kier molecular flexibility index (Phi) is 6.50. The Labute approximate surface area is 178 Å². The maximum atomic E-state index is 6.20. The van der Waals surface area contributed by atoms with Gasteiger partial charge in [0.05, 0.1) is 25.4 Å². The summed E-state index contributed by atoms with van der Waals surface area (Å²) in [4.78, 5) is 4.67. The molecule has 2 unspecified atom stereocenters. The Balaban J connectivity index is 1.30. The van der Waals surface area contributed by atoms with Crippen molar-refractivity contribution >= 4 is 5.69 Å². The summed E-state index contributed by atoms with van der Waals surface area (Å²) in [6, 6.07) is 16.1. The highest BCUT2D eigenvalue weighted by Crippen LogP contribution is 2.27. The molecule has 2 atom stereocenters. The fourth-order valence-corrected chi connectivity index (χ4v) is 3.96. The summed E-state index contributed by atoms with van der Waals surface area (Å²) >= 11 is 0. The van der Waals surface area contributed by atoms with Crippen LogP contribution in [0.2, 0.25) is 0 Å². The molecule has 2 aromatic carbocycles. The highest BCUT2D eigenvalue weighted by atomic mass is 16.5. The normalized spacial score (nSPS) is 19.1. The van der Waals surface area contributed by atoms with Gasteiger partial charge in [-0.05, 0) is 69.4 Å². The second kappa shape index (κ2) is 9.45. The van der Waals surface area contributed by atoms with Crippen molar-refractivity contribution in [3.63, 3.8) is 0 Å². The highest BCUT2D eigenvalue weighted by Gasteiger charge is 2.24. The zero-order chi connectivity index (χ0) is 20.9. The number of oxazole rings is 1. The first-order valence-electron chi connectivity index (χ1n) is 10.7. The smallest absolute Gasteiger partial charge is 0.226 e. The summed E-state index contributed by atoms with van der Waals surface area (Å²) in [6.45, 7) is 5.07. The topological polar surface area (TPSA) is 70.5 Å². The highest BCUT2D eigenvalue weighted by molar-refractivity contribution is 5.54. The molecule has 0 saturated heterocycles. The fourth-order valence-electron chi connectivity index (χ4n) is 3.96. The zero-order valence-corrected chi connectivity index (χ0v) is 17.8. The number of nitrogens with two attached hydrogens (primary N) is 1. The van der Waals surface area contributed by atoms with E-state index in [0.717, 1.165) is 54.0 Å². The summed E-state index contributed by atoms with van der Waals surface area (Å²) in [5.74, 6) is 1.47. The van der Waals surface area contributed by atoms with Crippen LogP contribution in [0.5, 0.6) is 0 Å². The summed E-state index contributed by atoms with van der Waals surface area (Å²) in [5, 5.41) is 0. The van der Waals surface area contributed by atoms with E-state index < -0.39 is 0 Å². The van der Waals surface area contributed by atoms with Crippen molar-refractivity contribution < 1.29 is 13.9 Å². The largest absolute Gasteiger partial charge is 0.441 e. The number of aromatic nitrogens is 1. The first-order chi connectivity index (χ1) is 14.6. The average Bonchev–Trinajstić information content (AvgIpc) is 3.12. The molecule has 5 nitrogen and oxygen atoms in total. The van der Waals surface area contributed by atoms with Gasteiger partial charge in [-0.2, -0.15) is 0 Å². The maximum Gasteiger partial charge on any atom is 0.226 e. The molecular weight excluding hydrogens is 376 g/mol. The van der Waals surface area contributed by atoms with E-state index in [9.17, 15) is 0 Å². The predicted octanol–water partition coefficient (Wildman–Crippen LogP) is 5.59. The van der Waals surface area contributed by atoms with Crippen LogP contribution in [-0.4, -0.2) is 17.2 Å². The molecule has 0 bridgehead atoms. The first kappa shape index (κ1) is 20.6. The lowest BCUT2D eigenvalue weighted by atomic mass is 9.95. The standard InChI is InChI=1S/C25H30N2O3/c1-17-6-3-8-20(12-17)25-27-24(18(2)30-25)16-29-23-11-5-10-22(14-23)28-15-19-7-4-9-21(26)13-19/h3-4,6-9,12-13,22-23H,5,10-11,14-16,26H2,1-2H3. The minimum absolute atomic E-state index is 0.183. The second-order valence-corrected chi connectivity index (χ2v) is 8.17. The van der Waals surface area contributed by atoms with Gasteiger partial charge in [0.15, 0.2) is 0 Å². The zero-order valence-electron chi connectivity index (χ0n) is 17.8. The van der Waals surface area contributed by atoms with Gasteiger partial charge in [0.1, 0.15) is 11.5 Å². The number of anilines is 1. The van der Waals surface area contributed by atoms with Crippen molar-refractivity contribution in [2.45, 2.75) is 65.0 Å². The number of hydrogen-bond donors (Lipinski definition) is 1. The summed E-state index contributed by atoms with van der Waals surface area (Å²) < 4.78 is 18.2. The van der Waals surface area contributed by atoms with Crippen LogP contribution in [-0.2, 0) is 22.7 Å². The molecule has 1 fully saturated rings. The number of ether oxygens (including phenoxy) is 2. The predicted molar refractivity (Wildman–Crippen MR) is 118 cm³/mol. The lowest BCUT2D eigenvalue weighted by Crippen LogP contribution is -2.28. The van der Waals surface area contributed by atoms with Gasteiger partial charge in [0, 0.05) is 11.3 Å². The molecule has 1 saturated carbocycles. The molecule has 158 valence electrons. The van der Waals surface area contributed by atoms with Crippen LogP contribution in [0, 0.1) is 13.8 Å². The van der Waals surface area contributed by atoms with Crippen molar-refractivity contribution in [3.05, 3.63) is 71.1 Å². The van der Waals surface area contributed by atoms with E-state index in [4.69, 9.17) is 19.6 Å². The molecule has 30 heavy (non-hydrogen) atoms. The van der Waals surface area contributed by atoms with Crippen LogP contribution in [0.1, 0.15) is 48.3 Å². The van der Waals surface area contributed by atoms with E-state index in [1.54, 1.807) is 0 Å². The molecule has 3 aromatic rings. The van der Waals surface area contributed by atoms with Gasteiger partial charge in [0.25, 0.3) is 0 Å². The van der Waals surface area contributed by atoms with Crippen LogP contribution in [0.15, 0.2) is 52.9 Å². The minimum atomic E-state index is 0.183. The number of aryl methyl sites for hydroxylation is 2. The molecule has 4 rings (SSSR count).